The number of amides is 1. The maximum Gasteiger partial charge on any atom is 0.248 e. The molecule has 0 heterocycles. The van der Waals surface area contributed by atoms with Crippen LogP contribution in [0.4, 0.5) is 0 Å². The molecule has 8 heteroatoms. The minimum Gasteiger partial charge on any atom is -0.387 e. The summed E-state index contributed by atoms with van der Waals surface area (Å²) in [6.45, 7) is 3.27. The van der Waals surface area contributed by atoms with Gasteiger partial charge in [-0.1, -0.05) is 35.3 Å². The molecule has 2 aromatic carbocycles. The summed E-state index contributed by atoms with van der Waals surface area (Å²) < 4.78 is 0. The Morgan fingerprint density at radius 3 is 2.33 bits per heavy atom. The monoisotopic (exact) mass is 408 g/mol. The van der Waals surface area contributed by atoms with Crippen LogP contribution >= 0.6 is 23.2 Å². The second-order valence-corrected chi connectivity index (χ2v) is 6.73. The summed E-state index contributed by atoms with van der Waals surface area (Å²) in [6.07, 6.45) is -0.792. The number of guanidine groups is 1. The van der Waals surface area contributed by atoms with E-state index in [2.05, 4.69) is 15.6 Å². The van der Waals surface area contributed by atoms with Crippen molar-refractivity contribution >= 4 is 35.1 Å². The van der Waals surface area contributed by atoms with E-state index in [4.69, 9.17) is 28.9 Å². The second kappa shape index (κ2) is 10.2. The fourth-order valence-electron chi connectivity index (χ4n) is 2.37. The number of hydrogen-bond acceptors (Lipinski definition) is 3. The number of aliphatic hydroxyl groups excluding tert-OH is 1. The third kappa shape index (κ3) is 6.75. The normalized spacial score (nSPS) is 12.5. The molecule has 0 aliphatic heterocycles. The van der Waals surface area contributed by atoms with Crippen molar-refractivity contribution in [1.82, 2.24) is 10.6 Å². The standard InChI is InChI=1S/C19H22Cl2N4O2/c1-2-23-19(24-10-12-3-5-13(6-4-12)18(22)27)25-11-17(26)14-7-15(20)9-16(21)8-14/h3-9,17,26H,2,10-11H2,1H3,(H2,22,27)(H2,23,24,25). The van der Waals surface area contributed by atoms with Crippen LogP contribution in [-0.4, -0.2) is 30.1 Å². The van der Waals surface area contributed by atoms with Gasteiger partial charge >= 0.3 is 0 Å². The first-order chi connectivity index (χ1) is 12.9. The van der Waals surface area contributed by atoms with Gasteiger partial charge in [0.2, 0.25) is 5.91 Å². The van der Waals surface area contributed by atoms with Crippen molar-refractivity contribution in [3.63, 3.8) is 0 Å². The first-order valence-electron chi connectivity index (χ1n) is 8.44. The number of aliphatic imine (C=N–C) groups is 1. The molecule has 0 fully saturated rings. The lowest BCUT2D eigenvalue weighted by atomic mass is 10.1. The van der Waals surface area contributed by atoms with Crippen molar-refractivity contribution in [3.05, 3.63) is 69.2 Å². The van der Waals surface area contributed by atoms with Crippen molar-refractivity contribution in [2.45, 2.75) is 19.6 Å². The average molecular weight is 409 g/mol. The highest BCUT2D eigenvalue weighted by Gasteiger charge is 2.10. The summed E-state index contributed by atoms with van der Waals surface area (Å²) in [5.41, 5.74) is 7.24. The van der Waals surface area contributed by atoms with Crippen molar-refractivity contribution in [3.8, 4) is 0 Å². The zero-order valence-electron chi connectivity index (χ0n) is 14.9. The average Bonchev–Trinajstić information content (AvgIpc) is 2.63. The van der Waals surface area contributed by atoms with Gasteiger partial charge in [-0.15, -0.1) is 0 Å². The third-order valence-corrected chi connectivity index (χ3v) is 4.17. The SMILES string of the molecule is CCNC(=NCc1ccc(C(N)=O)cc1)NCC(O)c1cc(Cl)cc(Cl)c1. The molecule has 1 unspecified atom stereocenters. The Balaban J connectivity index is 1.99. The number of nitrogens with two attached hydrogens (primary N) is 1. The smallest absolute Gasteiger partial charge is 0.248 e. The highest BCUT2D eigenvalue weighted by atomic mass is 35.5. The fourth-order valence-corrected chi connectivity index (χ4v) is 2.91. The Kier molecular flexibility index (Phi) is 7.91. The molecule has 2 aromatic rings. The van der Waals surface area contributed by atoms with Gasteiger partial charge in [0.1, 0.15) is 0 Å². The highest BCUT2D eigenvalue weighted by Crippen LogP contribution is 2.23. The molecule has 0 saturated carbocycles. The van der Waals surface area contributed by atoms with Gasteiger partial charge in [0.05, 0.1) is 12.6 Å². The van der Waals surface area contributed by atoms with Crippen molar-refractivity contribution in [2.75, 3.05) is 13.1 Å². The van der Waals surface area contributed by atoms with Gasteiger partial charge in [0, 0.05) is 28.7 Å². The lowest BCUT2D eigenvalue weighted by Crippen LogP contribution is -2.39. The Morgan fingerprint density at radius 1 is 1.15 bits per heavy atom. The molecule has 0 spiro atoms. The molecule has 0 bridgehead atoms. The van der Waals surface area contributed by atoms with Crippen LogP contribution in [0.5, 0.6) is 0 Å². The van der Waals surface area contributed by atoms with Crippen LogP contribution in [0.1, 0.15) is 34.5 Å². The van der Waals surface area contributed by atoms with E-state index in [9.17, 15) is 9.90 Å². The van der Waals surface area contributed by atoms with Crippen LogP contribution in [0.25, 0.3) is 0 Å². The van der Waals surface area contributed by atoms with Crippen LogP contribution in [-0.2, 0) is 6.54 Å². The predicted molar refractivity (Wildman–Crippen MR) is 109 cm³/mol. The number of benzene rings is 2. The summed E-state index contributed by atoms with van der Waals surface area (Å²) in [6, 6.07) is 11.9. The molecular formula is C19H22Cl2N4O2. The number of primary amides is 1. The molecular weight excluding hydrogens is 387 g/mol. The number of aliphatic hydroxyl groups is 1. The predicted octanol–water partition coefficient (Wildman–Crippen LogP) is 2.88. The van der Waals surface area contributed by atoms with E-state index in [1.165, 1.54) is 0 Å². The summed E-state index contributed by atoms with van der Waals surface area (Å²) in [4.78, 5) is 15.6. The summed E-state index contributed by atoms with van der Waals surface area (Å²) in [5, 5.41) is 17.5. The molecule has 1 atom stereocenters. The Morgan fingerprint density at radius 2 is 1.78 bits per heavy atom. The van der Waals surface area contributed by atoms with Crippen molar-refractivity contribution < 1.29 is 9.90 Å². The van der Waals surface area contributed by atoms with Gasteiger partial charge in [0.25, 0.3) is 0 Å². The molecule has 0 radical (unpaired) electrons. The van der Waals surface area contributed by atoms with Gasteiger partial charge in [-0.3, -0.25) is 4.79 Å². The number of nitrogens with one attached hydrogen (secondary N) is 2. The van der Waals surface area contributed by atoms with E-state index in [0.717, 1.165) is 5.56 Å². The topological polar surface area (TPSA) is 99.7 Å². The molecule has 0 aromatic heterocycles. The zero-order valence-corrected chi connectivity index (χ0v) is 16.4. The fraction of sp³-hybridized carbons (Fsp3) is 0.263. The number of rotatable bonds is 7. The first kappa shape index (κ1) is 21.0. The minimum absolute atomic E-state index is 0.239. The largest absolute Gasteiger partial charge is 0.387 e. The zero-order chi connectivity index (χ0) is 19.8. The van der Waals surface area contributed by atoms with E-state index in [1.807, 2.05) is 6.92 Å². The molecule has 144 valence electrons. The minimum atomic E-state index is -0.792. The Labute approximate surface area is 168 Å². The number of nitrogens with zero attached hydrogens (tertiary/aromatic N) is 1. The molecule has 27 heavy (non-hydrogen) atoms. The third-order valence-electron chi connectivity index (χ3n) is 3.73. The highest BCUT2D eigenvalue weighted by molar-refractivity contribution is 6.34. The second-order valence-electron chi connectivity index (χ2n) is 5.86. The number of carbonyl (C=O) groups is 1. The lowest BCUT2D eigenvalue weighted by Gasteiger charge is -2.16. The molecule has 0 aliphatic rings. The van der Waals surface area contributed by atoms with Crippen molar-refractivity contribution in [1.29, 1.82) is 0 Å². The lowest BCUT2D eigenvalue weighted by molar-refractivity contribution is 0.100. The maximum atomic E-state index is 11.1. The molecule has 0 aliphatic carbocycles. The molecule has 5 N–H and O–H groups in total. The van der Waals surface area contributed by atoms with E-state index in [0.29, 0.717) is 40.2 Å². The van der Waals surface area contributed by atoms with E-state index in [-0.39, 0.29) is 6.54 Å². The van der Waals surface area contributed by atoms with Gasteiger partial charge < -0.3 is 21.5 Å². The Bertz CT molecular complexity index is 790. The van der Waals surface area contributed by atoms with Gasteiger partial charge in [-0.05, 0) is 48.4 Å². The van der Waals surface area contributed by atoms with Gasteiger partial charge in [-0.25, -0.2) is 4.99 Å². The summed E-state index contributed by atoms with van der Waals surface area (Å²) >= 11 is 11.9. The first-order valence-corrected chi connectivity index (χ1v) is 9.19. The van der Waals surface area contributed by atoms with Crippen molar-refractivity contribution in [2.24, 2.45) is 10.7 Å². The van der Waals surface area contributed by atoms with E-state index in [1.54, 1.807) is 42.5 Å². The summed E-state index contributed by atoms with van der Waals surface area (Å²) in [5.74, 6) is 0.0961. The Hall–Kier alpha value is -2.28. The molecule has 0 saturated heterocycles. The van der Waals surface area contributed by atoms with Crippen LogP contribution in [0.2, 0.25) is 10.0 Å². The molecule has 2 rings (SSSR count). The van der Waals surface area contributed by atoms with Crippen LogP contribution in [0.3, 0.4) is 0 Å². The number of halogens is 2. The summed E-state index contributed by atoms with van der Waals surface area (Å²) in [7, 11) is 0. The van der Waals surface area contributed by atoms with Crippen LogP contribution in [0.15, 0.2) is 47.5 Å². The van der Waals surface area contributed by atoms with Crippen LogP contribution < -0.4 is 16.4 Å². The van der Waals surface area contributed by atoms with Gasteiger partial charge in [0.15, 0.2) is 5.96 Å². The van der Waals surface area contributed by atoms with Crippen LogP contribution in [0, 0.1) is 0 Å². The molecule has 6 nitrogen and oxygen atoms in total. The maximum absolute atomic E-state index is 11.1. The van der Waals surface area contributed by atoms with E-state index >= 15 is 0 Å². The molecule has 1 amide bonds. The van der Waals surface area contributed by atoms with E-state index < -0.39 is 12.0 Å². The quantitative estimate of drug-likeness (QED) is 0.417. The van der Waals surface area contributed by atoms with Gasteiger partial charge in [-0.2, -0.15) is 0 Å². The number of hydrogen-bond donors (Lipinski definition) is 4. The number of carbonyl (C=O) groups excluding carboxylic acids is 1.